The predicted molar refractivity (Wildman–Crippen MR) is 82.9 cm³/mol. The first-order valence-electron chi connectivity index (χ1n) is 6.08. The largest absolute Gasteiger partial charge is 0.306 e. The molecule has 0 bridgehead atoms. The molecule has 2 aromatic carbocycles. The Hall–Kier alpha value is -2.92. The summed E-state index contributed by atoms with van der Waals surface area (Å²) < 4.78 is 27.3. The van der Waals surface area contributed by atoms with Crippen LogP contribution in [0.3, 0.4) is 0 Å². The highest BCUT2D eigenvalue weighted by atomic mass is 35.5. The van der Waals surface area contributed by atoms with Crippen molar-refractivity contribution in [3.63, 3.8) is 0 Å². The first-order valence-corrected chi connectivity index (χ1v) is 7.89. The highest BCUT2D eigenvalue weighted by Gasteiger charge is 2.26. The minimum Gasteiger partial charge on any atom is -0.258 e. The molecule has 0 spiro atoms. The second-order valence-electron chi connectivity index (χ2n) is 4.27. The molecule has 0 N–H and O–H groups in total. The van der Waals surface area contributed by atoms with Crippen LogP contribution in [0, 0.1) is 20.2 Å². The number of benzene rings is 2. The first-order chi connectivity index (χ1) is 11.2. The average molecular weight is 371 g/mol. The third-order valence-electron chi connectivity index (χ3n) is 2.73. The number of halogens is 1. The summed E-state index contributed by atoms with van der Waals surface area (Å²) in [7, 11) is -4.56. The average Bonchev–Trinajstić information content (AvgIpc) is 2.52. The maximum absolute atomic E-state index is 12.1. The maximum atomic E-state index is 12.1. The molecule has 10 nitrogen and oxygen atoms in total. The minimum absolute atomic E-state index is 0.0312. The standard InChI is InChI=1S/C12H7ClN4O6S/c13-8-5-6-12(11(7-8)17(20)21)24(22,23)15-14-9-3-1-2-4-10(9)16(18)19/h1-7H. The smallest absolute Gasteiger partial charge is 0.258 e. The molecule has 0 saturated heterocycles. The molecule has 0 saturated carbocycles. The molecule has 2 rings (SSSR count). The summed E-state index contributed by atoms with van der Waals surface area (Å²) in [6, 6.07) is 7.98. The van der Waals surface area contributed by atoms with Crippen molar-refractivity contribution in [3.8, 4) is 0 Å². The van der Waals surface area contributed by atoms with Crippen molar-refractivity contribution in [2.45, 2.75) is 4.90 Å². The zero-order chi connectivity index (χ0) is 17.9. The first kappa shape index (κ1) is 17.4. The van der Waals surface area contributed by atoms with Crippen LogP contribution in [0.15, 0.2) is 57.0 Å². The van der Waals surface area contributed by atoms with E-state index < -0.39 is 36.1 Å². The van der Waals surface area contributed by atoms with Crippen LogP contribution in [0.25, 0.3) is 0 Å². The van der Waals surface area contributed by atoms with Crippen LogP contribution in [-0.2, 0) is 10.0 Å². The van der Waals surface area contributed by atoms with Crippen LogP contribution in [0.4, 0.5) is 17.1 Å². The van der Waals surface area contributed by atoms with E-state index in [2.05, 4.69) is 9.63 Å². The molecule has 0 atom stereocenters. The Morgan fingerprint density at radius 1 is 0.958 bits per heavy atom. The summed E-state index contributed by atoms with van der Waals surface area (Å²) in [4.78, 5) is 19.4. The molecule has 0 aromatic heterocycles. The van der Waals surface area contributed by atoms with Gasteiger partial charge in [0.2, 0.25) is 0 Å². The lowest BCUT2D eigenvalue weighted by atomic mass is 10.3. The number of sulfonamides is 1. The van der Waals surface area contributed by atoms with E-state index in [4.69, 9.17) is 11.6 Å². The second-order valence-corrected chi connectivity index (χ2v) is 6.26. The third kappa shape index (κ3) is 3.70. The fourth-order valence-electron chi connectivity index (χ4n) is 1.70. The summed E-state index contributed by atoms with van der Waals surface area (Å²) in [5.74, 6) is 0. The van der Waals surface area contributed by atoms with E-state index in [1.54, 1.807) is 0 Å². The number of nitro benzene ring substituents is 2. The van der Waals surface area contributed by atoms with Crippen molar-refractivity contribution >= 4 is 38.7 Å². The molecule has 124 valence electrons. The molecule has 2 aromatic rings. The molecule has 0 heterocycles. The third-order valence-corrected chi connectivity index (χ3v) is 4.16. The van der Waals surface area contributed by atoms with E-state index in [1.165, 1.54) is 18.2 Å². The van der Waals surface area contributed by atoms with E-state index in [9.17, 15) is 28.6 Å². The van der Waals surface area contributed by atoms with Crippen LogP contribution in [0.5, 0.6) is 0 Å². The molecular weight excluding hydrogens is 364 g/mol. The van der Waals surface area contributed by atoms with Gasteiger partial charge in [-0.1, -0.05) is 28.3 Å². The van der Waals surface area contributed by atoms with E-state index in [0.29, 0.717) is 0 Å². The number of hydrogen-bond donors (Lipinski definition) is 0. The molecule has 0 radical (unpaired) electrons. The summed E-state index contributed by atoms with van der Waals surface area (Å²) in [5.41, 5.74) is -1.53. The molecule has 0 aliphatic carbocycles. The van der Waals surface area contributed by atoms with Crippen LogP contribution >= 0.6 is 11.6 Å². The Kier molecular flexibility index (Phi) is 4.85. The fraction of sp³-hybridized carbons (Fsp3) is 0. The molecule has 0 amide bonds. The van der Waals surface area contributed by atoms with Crippen molar-refractivity contribution in [1.29, 1.82) is 0 Å². The van der Waals surface area contributed by atoms with Crippen LogP contribution in [-0.4, -0.2) is 18.3 Å². The monoisotopic (exact) mass is 370 g/mol. The Balaban J connectivity index is 2.51. The van der Waals surface area contributed by atoms with Crippen LogP contribution < -0.4 is 0 Å². The lowest BCUT2D eigenvalue weighted by molar-refractivity contribution is -0.387. The van der Waals surface area contributed by atoms with Crippen molar-refractivity contribution in [3.05, 3.63) is 67.7 Å². The van der Waals surface area contributed by atoms with Gasteiger partial charge in [-0.2, -0.15) is 8.42 Å². The SMILES string of the molecule is O=[N+]([O-])c1ccccc1N=NS(=O)(=O)c1ccc(Cl)cc1[N+](=O)[O-]. The van der Waals surface area contributed by atoms with Crippen LogP contribution in [0.1, 0.15) is 0 Å². The number of nitro groups is 2. The molecule has 12 heteroatoms. The van der Waals surface area contributed by atoms with E-state index >= 15 is 0 Å². The van der Waals surface area contributed by atoms with Crippen LogP contribution in [0.2, 0.25) is 5.02 Å². The van der Waals surface area contributed by atoms with Gasteiger partial charge in [-0.25, -0.2) is 0 Å². The summed E-state index contributed by atoms with van der Waals surface area (Å²) in [6.07, 6.45) is 0. The number of rotatable bonds is 5. The van der Waals surface area contributed by atoms with Gasteiger partial charge >= 0.3 is 10.0 Å². The van der Waals surface area contributed by atoms with E-state index in [1.807, 2.05) is 0 Å². The molecule has 0 aliphatic heterocycles. The number of hydrogen-bond acceptors (Lipinski definition) is 7. The topological polar surface area (TPSA) is 145 Å². The molecule has 0 aliphatic rings. The van der Waals surface area contributed by atoms with Crippen molar-refractivity contribution in [2.75, 3.05) is 0 Å². The Morgan fingerprint density at radius 2 is 1.58 bits per heavy atom. The van der Waals surface area contributed by atoms with Gasteiger partial charge in [0.15, 0.2) is 10.6 Å². The van der Waals surface area contributed by atoms with Crippen molar-refractivity contribution in [2.24, 2.45) is 9.63 Å². The highest BCUT2D eigenvalue weighted by molar-refractivity contribution is 7.90. The van der Waals surface area contributed by atoms with E-state index in [0.717, 1.165) is 24.3 Å². The second kappa shape index (κ2) is 6.68. The van der Waals surface area contributed by atoms with Crippen molar-refractivity contribution < 1.29 is 18.3 Å². The Labute approximate surface area is 139 Å². The number of para-hydroxylation sites is 1. The summed E-state index contributed by atoms with van der Waals surface area (Å²) in [6.45, 7) is 0. The van der Waals surface area contributed by atoms with E-state index in [-0.39, 0.29) is 10.7 Å². The highest BCUT2D eigenvalue weighted by Crippen LogP contribution is 2.31. The van der Waals surface area contributed by atoms with Gasteiger partial charge in [0.25, 0.3) is 11.4 Å². The normalized spacial score (nSPS) is 11.5. The van der Waals surface area contributed by atoms with Crippen molar-refractivity contribution in [1.82, 2.24) is 0 Å². The van der Waals surface area contributed by atoms with Gasteiger partial charge in [0, 0.05) is 17.2 Å². The summed E-state index contributed by atoms with van der Waals surface area (Å²) in [5, 5.41) is 25.1. The van der Waals surface area contributed by atoms with Gasteiger partial charge in [-0.15, -0.1) is 5.11 Å². The zero-order valence-electron chi connectivity index (χ0n) is 11.6. The van der Waals surface area contributed by atoms with Gasteiger partial charge in [0.05, 0.1) is 9.85 Å². The van der Waals surface area contributed by atoms with Gasteiger partial charge in [-0.05, 0) is 18.2 Å². The number of nitrogens with zero attached hydrogens (tertiary/aromatic N) is 4. The van der Waals surface area contributed by atoms with Gasteiger partial charge in [-0.3, -0.25) is 20.2 Å². The maximum Gasteiger partial charge on any atom is 0.306 e. The predicted octanol–water partition coefficient (Wildman–Crippen LogP) is 3.63. The molecule has 0 fully saturated rings. The molecular formula is C12H7ClN4O6S. The fourth-order valence-corrected chi connectivity index (χ4v) is 2.78. The molecule has 24 heavy (non-hydrogen) atoms. The van der Waals surface area contributed by atoms with Gasteiger partial charge < -0.3 is 0 Å². The minimum atomic E-state index is -4.56. The summed E-state index contributed by atoms with van der Waals surface area (Å²) >= 11 is 5.61. The Bertz CT molecular complexity index is 960. The Morgan fingerprint density at radius 3 is 2.21 bits per heavy atom. The van der Waals surface area contributed by atoms with Gasteiger partial charge in [0.1, 0.15) is 0 Å². The quantitative estimate of drug-likeness (QED) is 0.446. The lowest BCUT2D eigenvalue weighted by Gasteiger charge is -2.00. The zero-order valence-corrected chi connectivity index (χ0v) is 13.1. The lowest BCUT2D eigenvalue weighted by Crippen LogP contribution is -2.01. The molecule has 0 unspecified atom stereocenters.